The smallest absolute Gasteiger partial charge is 0.305 e. The molecule has 0 aliphatic carbocycles. The predicted molar refractivity (Wildman–Crippen MR) is 216 cm³/mol. The van der Waals surface area contributed by atoms with Crippen LogP contribution in [0.3, 0.4) is 0 Å². The number of rotatable bonds is 38. The number of hydrogen-bond donors (Lipinski definition) is 4. The lowest BCUT2D eigenvalue weighted by Crippen LogP contribution is -2.14. The van der Waals surface area contributed by atoms with Crippen LogP contribution >= 0.6 is 0 Å². The summed E-state index contributed by atoms with van der Waals surface area (Å²) in [4.78, 5) is 23.0. The average Bonchev–Trinajstić information content (AvgIpc) is 3.15. The summed E-state index contributed by atoms with van der Waals surface area (Å²) in [5.74, 6) is -0.212. The molecule has 52 heavy (non-hydrogen) atoms. The predicted octanol–water partition coefficient (Wildman–Crippen LogP) is 10.3. The minimum Gasteiger partial charge on any atom is -0.465 e. The summed E-state index contributed by atoms with van der Waals surface area (Å²) in [7, 11) is 0. The molecule has 4 N–H and O–H groups in total. The molecule has 0 aliphatic rings. The van der Waals surface area contributed by atoms with Gasteiger partial charge in [0.05, 0.1) is 13.2 Å². The van der Waals surface area contributed by atoms with Gasteiger partial charge in [-0.15, -0.1) is 0 Å². The first-order valence-electron chi connectivity index (χ1n) is 21.5. The molecule has 0 saturated carbocycles. The van der Waals surface area contributed by atoms with E-state index in [0.717, 1.165) is 64.2 Å². The van der Waals surface area contributed by atoms with Gasteiger partial charge in [0, 0.05) is 51.1 Å². The Morgan fingerprint density at radius 1 is 0.404 bits per heavy atom. The zero-order chi connectivity index (χ0) is 38.6. The van der Waals surface area contributed by atoms with E-state index in [-0.39, 0.29) is 37.0 Å². The van der Waals surface area contributed by atoms with Gasteiger partial charge in [-0.2, -0.15) is 0 Å². The molecular weight excluding hydrogens is 656 g/mol. The van der Waals surface area contributed by atoms with Gasteiger partial charge in [0.25, 0.3) is 0 Å². The Labute approximate surface area is 320 Å². The van der Waals surface area contributed by atoms with Crippen LogP contribution < -0.4 is 0 Å². The van der Waals surface area contributed by atoms with Gasteiger partial charge >= 0.3 is 11.9 Å². The Bertz CT molecular complexity index is 720. The molecular formula is C44H84O8. The number of carbonyl (C=O) groups is 2. The lowest BCUT2D eigenvalue weighted by molar-refractivity contribution is -0.146. The van der Waals surface area contributed by atoms with Crippen LogP contribution in [0.2, 0.25) is 0 Å². The van der Waals surface area contributed by atoms with E-state index in [2.05, 4.69) is 24.3 Å². The largest absolute Gasteiger partial charge is 0.465 e. The first kappa shape index (κ1) is 52.4. The fraction of sp³-hybridized carbons (Fsp3) is 0.864. The molecule has 0 aromatic heterocycles. The summed E-state index contributed by atoms with van der Waals surface area (Å²) < 4.78 is 10.2. The van der Waals surface area contributed by atoms with Crippen molar-refractivity contribution in [2.45, 2.75) is 194 Å². The van der Waals surface area contributed by atoms with Gasteiger partial charge in [-0.05, 0) is 77.0 Å². The van der Waals surface area contributed by atoms with E-state index in [1.54, 1.807) is 0 Å². The Balaban J connectivity index is 0. The molecule has 0 rings (SSSR count). The van der Waals surface area contributed by atoms with Gasteiger partial charge in [0.15, 0.2) is 0 Å². The molecule has 308 valence electrons. The second-order valence-electron chi connectivity index (χ2n) is 14.8. The van der Waals surface area contributed by atoms with Crippen LogP contribution in [-0.4, -0.2) is 72.0 Å². The Hall–Kier alpha value is -1.74. The molecule has 2 unspecified atom stereocenters. The number of ether oxygens (including phenoxy) is 2. The van der Waals surface area contributed by atoms with Crippen molar-refractivity contribution in [1.29, 1.82) is 0 Å². The normalized spacial score (nSPS) is 12.6. The fourth-order valence-corrected chi connectivity index (χ4v) is 5.48. The summed E-state index contributed by atoms with van der Waals surface area (Å²) >= 11 is 0. The van der Waals surface area contributed by atoms with Gasteiger partial charge in [-0.25, -0.2) is 0 Å². The number of aliphatic hydroxyl groups is 4. The molecule has 0 aromatic carbocycles. The highest BCUT2D eigenvalue weighted by atomic mass is 16.5. The van der Waals surface area contributed by atoms with Crippen LogP contribution in [0.15, 0.2) is 24.3 Å². The van der Waals surface area contributed by atoms with Gasteiger partial charge in [0.1, 0.15) is 0 Å². The van der Waals surface area contributed by atoms with E-state index < -0.39 is 0 Å². The lowest BCUT2D eigenvalue weighted by Gasteiger charge is -2.08. The van der Waals surface area contributed by atoms with Gasteiger partial charge in [0.2, 0.25) is 0 Å². The molecule has 8 heteroatoms. The molecule has 0 fully saturated rings. The number of aliphatic hydroxyl groups excluding tert-OH is 4. The first-order valence-corrected chi connectivity index (χ1v) is 21.5. The van der Waals surface area contributed by atoms with Crippen molar-refractivity contribution >= 4 is 11.9 Å². The van der Waals surface area contributed by atoms with Crippen LogP contribution in [0.4, 0.5) is 0 Å². The third-order valence-corrected chi connectivity index (χ3v) is 9.08. The molecule has 2 atom stereocenters. The van der Waals surface area contributed by atoms with Crippen molar-refractivity contribution in [3.05, 3.63) is 24.3 Å². The van der Waals surface area contributed by atoms with Gasteiger partial charge in [-0.3, -0.25) is 9.59 Å². The lowest BCUT2D eigenvalue weighted by atomic mass is 10.1. The van der Waals surface area contributed by atoms with Crippen LogP contribution in [0.5, 0.6) is 0 Å². The molecule has 0 aromatic rings. The van der Waals surface area contributed by atoms with Gasteiger partial charge in [-0.1, -0.05) is 128 Å². The summed E-state index contributed by atoms with van der Waals surface area (Å²) in [5, 5.41) is 35.1. The highest BCUT2D eigenvalue weighted by Gasteiger charge is 2.07. The average molecular weight is 741 g/mol. The molecule has 0 bridgehead atoms. The van der Waals surface area contributed by atoms with E-state index in [1.165, 1.54) is 103 Å². The highest BCUT2D eigenvalue weighted by Crippen LogP contribution is 2.12. The molecule has 0 radical (unpaired) electrons. The Morgan fingerprint density at radius 3 is 0.923 bits per heavy atom. The van der Waals surface area contributed by atoms with Crippen LogP contribution in [-0.2, 0) is 19.1 Å². The highest BCUT2D eigenvalue weighted by molar-refractivity contribution is 5.69. The number of esters is 2. The first-order chi connectivity index (χ1) is 25.4. The van der Waals surface area contributed by atoms with Crippen LogP contribution in [0.1, 0.15) is 194 Å². The summed E-state index contributed by atoms with van der Waals surface area (Å²) in [5.41, 5.74) is 0. The summed E-state index contributed by atoms with van der Waals surface area (Å²) in [6.45, 7) is 5.17. The number of allylic oxidation sites excluding steroid dienone is 4. The Morgan fingerprint density at radius 2 is 0.654 bits per heavy atom. The summed E-state index contributed by atoms with van der Waals surface area (Å²) in [6.07, 6.45) is 40.7. The maximum Gasteiger partial charge on any atom is 0.305 e. The van der Waals surface area contributed by atoms with E-state index in [9.17, 15) is 9.59 Å². The zero-order valence-electron chi connectivity index (χ0n) is 33.9. The number of unbranched alkanes of at least 4 members (excludes halogenated alkanes) is 22. The molecule has 8 nitrogen and oxygen atoms in total. The minimum atomic E-state index is -0.137. The van der Waals surface area contributed by atoms with Crippen molar-refractivity contribution in [2.24, 2.45) is 11.8 Å². The maximum atomic E-state index is 11.5. The quantitative estimate of drug-likeness (QED) is 0.0279. The van der Waals surface area contributed by atoms with Crippen LogP contribution in [0, 0.1) is 11.8 Å². The fourth-order valence-electron chi connectivity index (χ4n) is 5.48. The monoisotopic (exact) mass is 741 g/mol. The molecule has 0 aliphatic heterocycles. The summed E-state index contributed by atoms with van der Waals surface area (Å²) in [6, 6.07) is 0. The van der Waals surface area contributed by atoms with Gasteiger partial charge < -0.3 is 29.9 Å². The molecule has 0 heterocycles. The van der Waals surface area contributed by atoms with Crippen molar-refractivity contribution in [3.63, 3.8) is 0 Å². The second kappa shape index (κ2) is 45.4. The SMILES string of the molecule is CC(CO)COC(=O)CCCCCCC/C=C/CCCCCCCCO.CC(CO)COC(=O)CCCCCCC/C=C\CCCCCCCCO. The van der Waals surface area contributed by atoms with Crippen molar-refractivity contribution in [3.8, 4) is 0 Å². The minimum absolute atomic E-state index is 0.0314. The molecule has 0 amide bonds. The van der Waals surface area contributed by atoms with Crippen molar-refractivity contribution in [2.75, 3.05) is 39.6 Å². The van der Waals surface area contributed by atoms with Crippen molar-refractivity contribution in [1.82, 2.24) is 0 Å². The van der Waals surface area contributed by atoms with Crippen molar-refractivity contribution < 1.29 is 39.5 Å². The Kier molecular flexibility index (Phi) is 45.7. The third-order valence-electron chi connectivity index (χ3n) is 9.08. The van der Waals surface area contributed by atoms with E-state index in [0.29, 0.717) is 39.3 Å². The van der Waals surface area contributed by atoms with E-state index >= 15 is 0 Å². The molecule has 0 spiro atoms. The number of hydrogen-bond acceptors (Lipinski definition) is 8. The second-order valence-corrected chi connectivity index (χ2v) is 14.8. The number of carbonyl (C=O) groups excluding carboxylic acids is 2. The topological polar surface area (TPSA) is 134 Å². The van der Waals surface area contributed by atoms with E-state index in [4.69, 9.17) is 29.9 Å². The molecule has 0 saturated heterocycles. The van der Waals surface area contributed by atoms with Crippen LogP contribution in [0.25, 0.3) is 0 Å². The van der Waals surface area contributed by atoms with E-state index in [1.807, 2.05) is 13.8 Å². The maximum absolute atomic E-state index is 11.5. The third kappa shape index (κ3) is 46.3. The zero-order valence-corrected chi connectivity index (χ0v) is 33.9. The standard InChI is InChI=1S/2C22H42O4/c2*1-21(19-24)20-26-22(25)17-15-13-11-9-7-5-3-2-4-6-8-10-12-14-16-18-23/h2*2-3,21,23-24H,4-20H2,1H3/b3-2+;3-2-.